The number of carbonyl (C=O) groups is 1. The summed E-state index contributed by atoms with van der Waals surface area (Å²) in [7, 11) is 1.53. The Morgan fingerprint density at radius 1 is 1.25 bits per heavy atom. The fraction of sp³-hybridized carbons (Fsp3) is 0.333. The van der Waals surface area contributed by atoms with E-state index in [0.29, 0.717) is 46.9 Å². The van der Waals surface area contributed by atoms with Crippen LogP contribution in [0.3, 0.4) is 0 Å². The number of rotatable bonds is 5. The van der Waals surface area contributed by atoms with Crippen LogP contribution in [0.1, 0.15) is 47.2 Å². The van der Waals surface area contributed by atoms with E-state index < -0.39 is 0 Å². The van der Waals surface area contributed by atoms with Gasteiger partial charge in [0.1, 0.15) is 5.82 Å². The van der Waals surface area contributed by atoms with Crippen LogP contribution in [0.5, 0.6) is 5.88 Å². The Bertz CT molecular complexity index is 1180. The maximum atomic E-state index is 14.4. The van der Waals surface area contributed by atoms with Gasteiger partial charge in [-0.3, -0.25) is 4.79 Å². The van der Waals surface area contributed by atoms with Gasteiger partial charge in [0, 0.05) is 24.7 Å². The molecular weight excluding hydrogens is 409 g/mol. The molecule has 7 nitrogen and oxygen atoms in total. The Morgan fingerprint density at radius 2 is 2.03 bits per heavy atom. The Balaban J connectivity index is 1.92. The smallest absolute Gasteiger partial charge is 0.258 e. The molecule has 0 bridgehead atoms. The quantitative estimate of drug-likeness (QED) is 0.652. The van der Waals surface area contributed by atoms with E-state index in [1.165, 1.54) is 19.2 Å². The van der Waals surface area contributed by atoms with Gasteiger partial charge in [-0.25, -0.2) is 19.3 Å². The van der Waals surface area contributed by atoms with Crippen LogP contribution in [0.25, 0.3) is 11.1 Å². The van der Waals surface area contributed by atoms with Gasteiger partial charge in [0.2, 0.25) is 11.8 Å². The van der Waals surface area contributed by atoms with Crippen molar-refractivity contribution >= 4 is 11.9 Å². The molecule has 1 atom stereocenters. The molecule has 3 heterocycles. The number of pyridine rings is 1. The molecule has 0 saturated heterocycles. The van der Waals surface area contributed by atoms with Crippen molar-refractivity contribution in [2.24, 2.45) is 5.92 Å². The van der Waals surface area contributed by atoms with E-state index in [4.69, 9.17) is 10.5 Å². The molecule has 1 aliphatic heterocycles. The zero-order chi connectivity index (χ0) is 23.0. The number of nitrogens with two attached hydrogens (primary N) is 1. The van der Waals surface area contributed by atoms with E-state index in [-0.39, 0.29) is 29.6 Å². The lowest BCUT2D eigenvalue weighted by atomic mass is 9.87. The van der Waals surface area contributed by atoms with Crippen LogP contribution in [0, 0.1) is 18.7 Å². The molecule has 1 unspecified atom stereocenters. The van der Waals surface area contributed by atoms with Gasteiger partial charge in [-0.05, 0) is 48.2 Å². The lowest BCUT2D eigenvalue weighted by Gasteiger charge is -2.38. The second-order valence-electron chi connectivity index (χ2n) is 8.35. The van der Waals surface area contributed by atoms with Gasteiger partial charge >= 0.3 is 0 Å². The number of hydrogen-bond acceptors (Lipinski definition) is 6. The summed E-state index contributed by atoms with van der Waals surface area (Å²) in [5.41, 5.74) is 9.65. The number of hydrogen-bond donors (Lipinski definition) is 1. The molecule has 0 fully saturated rings. The summed E-state index contributed by atoms with van der Waals surface area (Å²) in [6.45, 7) is 6.42. The molecule has 0 spiro atoms. The van der Waals surface area contributed by atoms with Crippen molar-refractivity contribution in [3.63, 3.8) is 0 Å². The molecule has 1 aliphatic rings. The second-order valence-corrected chi connectivity index (χ2v) is 8.35. The number of amides is 1. The van der Waals surface area contributed by atoms with Crippen molar-refractivity contribution in [3.8, 4) is 17.0 Å². The predicted molar refractivity (Wildman–Crippen MR) is 120 cm³/mol. The Labute approximate surface area is 186 Å². The average Bonchev–Trinajstić information content (AvgIpc) is 2.74. The Kier molecular flexibility index (Phi) is 5.78. The number of carbonyl (C=O) groups excluding carboxylic acids is 1. The zero-order valence-electron chi connectivity index (χ0n) is 18.6. The minimum atomic E-state index is -0.380. The molecule has 2 N–H and O–H groups in total. The van der Waals surface area contributed by atoms with Crippen molar-refractivity contribution in [1.29, 1.82) is 0 Å². The molecule has 3 aromatic rings. The van der Waals surface area contributed by atoms with Crippen molar-refractivity contribution in [2.45, 2.75) is 33.2 Å². The van der Waals surface area contributed by atoms with Gasteiger partial charge in [0.25, 0.3) is 5.91 Å². The second kappa shape index (κ2) is 8.53. The third-order valence-corrected chi connectivity index (χ3v) is 5.61. The number of methoxy groups -OCH3 is 1. The summed E-state index contributed by atoms with van der Waals surface area (Å²) < 4.78 is 19.8. The molecule has 32 heavy (non-hydrogen) atoms. The van der Waals surface area contributed by atoms with Gasteiger partial charge < -0.3 is 15.4 Å². The molecule has 0 saturated carbocycles. The van der Waals surface area contributed by atoms with Gasteiger partial charge in [0.15, 0.2) is 0 Å². The van der Waals surface area contributed by atoms with E-state index in [9.17, 15) is 9.18 Å². The highest BCUT2D eigenvalue weighted by Crippen LogP contribution is 2.40. The van der Waals surface area contributed by atoms with Crippen LogP contribution in [-0.4, -0.2) is 39.4 Å². The summed E-state index contributed by atoms with van der Waals surface area (Å²) in [5, 5.41) is 0. The van der Waals surface area contributed by atoms with Crippen LogP contribution < -0.4 is 10.5 Å². The van der Waals surface area contributed by atoms with Crippen LogP contribution in [0.2, 0.25) is 0 Å². The fourth-order valence-corrected chi connectivity index (χ4v) is 4.35. The van der Waals surface area contributed by atoms with Gasteiger partial charge in [-0.2, -0.15) is 0 Å². The monoisotopic (exact) mass is 435 g/mol. The minimum Gasteiger partial charge on any atom is -0.481 e. The predicted octanol–water partition coefficient (Wildman–Crippen LogP) is 3.97. The molecule has 4 rings (SSSR count). The molecule has 1 amide bonds. The maximum Gasteiger partial charge on any atom is 0.258 e. The largest absolute Gasteiger partial charge is 0.481 e. The molecule has 0 aliphatic carbocycles. The summed E-state index contributed by atoms with van der Waals surface area (Å²) in [5.74, 6) is 0.235. The van der Waals surface area contributed by atoms with Crippen molar-refractivity contribution in [1.82, 2.24) is 19.9 Å². The summed E-state index contributed by atoms with van der Waals surface area (Å²) in [6.07, 6.45) is 2.07. The number of aryl methyl sites for hydroxylation is 1. The van der Waals surface area contributed by atoms with Crippen molar-refractivity contribution in [2.75, 3.05) is 19.4 Å². The standard InChI is InChI=1S/C24H26FN5O2/c1-13(2)12-30-20(11-19-21(23(30)31)14(3)28-24(26)29-19)16-8-7-15(25)10-18(16)17-6-5-9-27-22(17)32-4/h5-10,13,20H,11-12H2,1-4H3,(H2,26,28,29). The minimum absolute atomic E-state index is 0.137. The molecule has 2 aromatic heterocycles. The number of ether oxygens (including phenoxy) is 1. The summed E-state index contributed by atoms with van der Waals surface area (Å²) >= 11 is 0. The number of halogens is 1. The molecular formula is C24H26FN5O2. The third-order valence-electron chi connectivity index (χ3n) is 5.61. The maximum absolute atomic E-state index is 14.4. The van der Waals surface area contributed by atoms with Crippen LogP contribution in [0.15, 0.2) is 36.5 Å². The highest BCUT2D eigenvalue weighted by Gasteiger charge is 2.37. The number of nitrogens with zero attached hydrogens (tertiary/aromatic N) is 4. The number of fused-ring (bicyclic) bond motifs is 1. The van der Waals surface area contributed by atoms with Crippen LogP contribution >= 0.6 is 0 Å². The van der Waals surface area contributed by atoms with Gasteiger partial charge in [-0.1, -0.05) is 19.9 Å². The highest BCUT2D eigenvalue weighted by atomic mass is 19.1. The summed E-state index contributed by atoms with van der Waals surface area (Å²) in [4.78, 5) is 28.3. The van der Waals surface area contributed by atoms with Gasteiger partial charge in [0.05, 0.1) is 30.1 Å². The lowest BCUT2D eigenvalue weighted by molar-refractivity contribution is 0.0615. The lowest BCUT2D eigenvalue weighted by Crippen LogP contribution is -2.43. The van der Waals surface area contributed by atoms with Gasteiger partial charge in [-0.15, -0.1) is 0 Å². The van der Waals surface area contributed by atoms with Crippen molar-refractivity contribution < 1.29 is 13.9 Å². The third kappa shape index (κ3) is 3.88. The van der Waals surface area contributed by atoms with Crippen LogP contribution in [-0.2, 0) is 6.42 Å². The Morgan fingerprint density at radius 3 is 2.75 bits per heavy atom. The summed E-state index contributed by atoms with van der Waals surface area (Å²) in [6, 6.07) is 7.85. The SMILES string of the molecule is COc1ncccc1-c1cc(F)ccc1C1Cc2nc(N)nc(C)c2C(=O)N1CC(C)C. The topological polar surface area (TPSA) is 94.2 Å². The van der Waals surface area contributed by atoms with E-state index in [2.05, 4.69) is 28.8 Å². The van der Waals surface area contributed by atoms with Crippen LogP contribution in [0.4, 0.5) is 10.3 Å². The first-order valence-corrected chi connectivity index (χ1v) is 10.5. The van der Waals surface area contributed by atoms with E-state index in [1.54, 1.807) is 25.3 Å². The number of anilines is 1. The number of nitrogen functional groups attached to an aromatic ring is 1. The number of benzene rings is 1. The first kappa shape index (κ1) is 21.7. The molecule has 0 radical (unpaired) electrons. The molecule has 8 heteroatoms. The van der Waals surface area contributed by atoms with Crippen molar-refractivity contribution in [3.05, 3.63) is 64.9 Å². The molecule has 1 aromatic carbocycles. The zero-order valence-corrected chi connectivity index (χ0v) is 18.6. The first-order chi connectivity index (χ1) is 15.3. The van der Waals surface area contributed by atoms with E-state index >= 15 is 0 Å². The normalized spacial score (nSPS) is 15.8. The fourth-order valence-electron chi connectivity index (χ4n) is 4.35. The number of aromatic nitrogens is 3. The highest BCUT2D eigenvalue weighted by molar-refractivity contribution is 5.98. The van der Waals surface area contributed by atoms with E-state index in [0.717, 1.165) is 5.56 Å². The average molecular weight is 436 g/mol. The Hall–Kier alpha value is -3.55. The van der Waals surface area contributed by atoms with E-state index in [1.807, 2.05) is 11.0 Å². The molecule has 166 valence electrons. The first-order valence-electron chi connectivity index (χ1n) is 10.5.